The number of halogens is 2. The molecule has 88 valence electrons. The van der Waals surface area contributed by atoms with Crippen LogP contribution in [0.1, 0.15) is 15.9 Å². The topological polar surface area (TPSA) is 67.2 Å². The minimum absolute atomic E-state index is 0.331. The molecule has 0 bridgehead atoms. The van der Waals surface area contributed by atoms with Crippen molar-refractivity contribution in [2.75, 3.05) is 12.0 Å². The summed E-state index contributed by atoms with van der Waals surface area (Å²) in [6, 6.07) is 4.71. The molecule has 4 N–H and O–H groups in total. The maximum atomic E-state index is 11.9. The molecule has 1 aromatic carbocycles. The molecule has 0 aliphatic carbocycles. The lowest BCUT2D eigenvalue weighted by Crippen LogP contribution is -2.28. The number of nitrogen functional groups attached to an aromatic ring is 1. The number of nitrogens with two attached hydrogens (primary N) is 1. The van der Waals surface area contributed by atoms with Crippen LogP contribution in [0.2, 0.25) is 0 Å². The zero-order valence-electron chi connectivity index (χ0n) is 8.76. The van der Waals surface area contributed by atoms with E-state index in [1.54, 1.807) is 19.1 Å². The number of carbonyl (C=O) groups is 1. The number of amides is 1. The third-order valence-corrected chi connectivity index (χ3v) is 2.06. The van der Waals surface area contributed by atoms with Gasteiger partial charge in [0.2, 0.25) is 0 Å². The monoisotopic (exact) mass is 229 g/mol. The van der Waals surface area contributed by atoms with Gasteiger partial charge in [-0.15, -0.1) is 0 Å². The SMILES string of the molecule is Cc1cc(C(=O)NCC(F)F)ccc1NN. The average Bonchev–Trinajstić information content (AvgIpc) is 2.25. The van der Waals surface area contributed by atoms with Crippen LogP contribution in [0.25, 0.3) is 0 Å². The van der Waals surface area contributed by atoms with Gasteiger partial charge in [-0.1, -0.05) is 0 Å². The average molecular weight is 229 g/mol. The molecule has 0 radical (unpaired) electrons. The standard InChI is InChI=1S/C10H13F2N3O/c1-6-4-7(2-3-8(6)15-13)10(16)14-5-9(11)12/h2-4,9,15H,5,13H2,1H3,(H,14,16). The van der Waals surface area contributed by atoms with Gasteiger partial charge >= 0.3 is 0 Å². The maximum absolute atomic E-state index is 11.9. The van der Waals surface area contributed by atoms with Crippen molar-refractivity contribution in [2.45, 2.75) is 13.3 Å². The van der Waals surface area contributed by atoms with Gasteiger partial charge in [0.05, 0.1) is 12.2 Å². The van der Waals surface area contributed by atoms with Crippen molar-refractivity contribution in [2.24, 2.45) is 5.84 Å². The summed E-state index contributed by atoms with van der Waals surface area (Å²) in [6.45, 7) is 1.12. The Kier molecular flexibility index (Phi) is 4.19. The largest absolute Gasteiger partial charge is 0.346 e. The van der Waals surface area contributed by atoms with E-state index in [0.717, 1.165) is 5.56 Å². The smallest absolute Gasteiger partial charge is 0.255 e. The van der Waals surface area contributed by atoms with Crippen molar-refractivity contribution in [1.82, 2.24) is 5.32 Å². The van der Waals surface area contributed by atoms with Gasteiger partial charge in [-0.25, -0.2) is 8.78 Å². The van der Waals surface area contributed by atoms with Gasteiger partial charge in [0, 0.05) is 5.56 Å². The lowest BCUT2D eigenvalue weighted by Gasteiger charge is -2.08. The van der Waals surface area contributed by atoms with E-state index in [9.17, 15) is 13.6 Å². The number of carbonyl (C=O) groups excluding carboxylic acids is 1. The second-order valence-corrected chi connectivity index (χ2v) is 3.28. The molecule has 0 saturated carbocycles. The molecule has 6 heteroatoms. The second kappa shape index (κ2) is 5.41. The van der Waals surface area contributed by atoms with E-state index in [1.165, 1.54) is 6.07 Å². The fourth-order valence-corrected chi connectivity index (χ4v) is 1.24. The first-order valence-electron chi connectivity index (χ1n) is 4.68. The maximum Gasteiger partial charge on any atom is 0.255 e. The van der Waals surface area contributed by atoms with Crippen molar-refractivity contribution in [3.05, 3.63) is 29.3 Å². The first-order chi connectivity index (χ1) is 7.54. The Labute approximate surface area is 91.8 Å². The molecule has 0 heterocycles. The number of benzene rings is 1. The van der Waals surface area contributed by atoms with Crippen LogP contribution in [0, 0.1) is 6.92 Å². The molecule has 0 aliphatic rings. The minimum atomic E-state index is -2.55. The third kappa shape index (κ3) is 3.16. The Hall–Kier alpha value is -1.69. The summed E-state index contributed by atoms with van der Waals surface area (Å²) in [7, 11) is 0. The molecule has 0 unspecified atom stereocenters. The van der Waals surface area contributed by atoms with Crippen LogP contribution >= 0.6 is 0 Å². The number of rotatable bonds is 4. The summed E-state index contributed by atoms with van der Waals surface area (Å²) in [6.07, 6.45) is -2.55. The van der Waals surface area contributed by atoms with Crippen LogP contribution in [-0.2, 0) is 0 Å². The first kappa shape index (κ1) is 12.4. The lowest BCUT2D eigenvalue weighted by molar-refractivity contribution is 0.0891. The molecule has 16 heavy (non-hydrogen) atoms. The third-order valence-electron chi connectivity index (χ3n) is 2.06. The molecule has 4 nitrogen and oxygen atoms in total. The predicted octanol–water partition coefficient (Wildman–Crippen LogP) is 1.28. The lowest BCUT2D eigenvalue weighted by atomic mass is 10.1. The Balaban J connectivity index is 2.73. The summed E-state index contributed by atoms with van der Waals surface area (Å²) in [5, 5.41) is 2.12. The molecule has 0 saturated heterocycles. The minimum Gasteiger partial charge on any atom is -0.346 e. The van der Waals surface area contributed by atoms with Crippen LogP contribution in [0.3, 0.4) is 0 Å². The second-order valence-electron chi connectivity index (χ2n) is 3.28. The number of alkyl halides is 2. The number of anilines is 1. The number of hydrazine groups is 1. The molecule has 0 aromatic heterocycles. The molecule has 1 aromatic rings. The molecule has 0 spiro atoms. The summed E-state index contributed by atoms with van der Waals surface area (Å²) in [5.41, 5.74) is 4.25. The number of aryl methyl sites for hydroxylation is 1. The summed E-state index contributed by atoms with van der Waals surface area (Å²) in [5.74, 6) is 4.70. The highest BCUT2D eigenvalue weighted by molar-refractivity contribution is 5.94. The highest BCUT2D eigenvalue weighted by atomic mass is 19.3. The molecular formula is C10H13F2N3O. The highest BCUT2D eigenvalue weighted by Crippen LogP contribution is 2.15. The van der Waals surface area contributed by atoms with Crippen molar-refractivity contribution in [3.8, 4) is 0 Å². The van der Waals surface area contributed by atoms with Gasteiger partial charge in [-0.3, -0.25) is 10.6 Å². The predicted molar refractivity (Wildman–Crippen MR) is 57.3 cm³/mol. The zero-order valence-corrected chi connectivity index (χ0v) is 8.76. The van der Waals surface area contributed by atoms with Crippen LogP contribution in [0.15, 0.2) is 18.2 Å². The van der Waals surface area contributed by atoms with Gasteiger partial charge < -0.3 is 10.7 Å². The van der Waals surface area contributed by atoms with E-state index < -0.39 is 18.9 Å². The zero-order chi connectivity index (χ0) is 12.1. The summed E-state index contributed by atoms with van der Waals surface area (Å²) < 4.78 is 23.7. The van der Waals surface area contributed by atoms with Gasteiger partial charge in [0.15, 0.2) is 0 Å². The van der Waals surface area contributed by atoms with Gasteiger partial charge in [-0.05, 0) is 30.7 Å². The Morgan fingerprint density at radius 3 is 2.69 bits per heavy atom. The summed E-state index contributed by atoms with van der Waals surface area (Å²) >= 11 is 0. The molecule has 0 fully saturated rings. The van der Waals surface area contributed by atoms with Gasteiger partial charge in [0.25, 0.3) is 12.3 Å². The van der Waals surface area contributed by atoms with Crippen molar-refractivity contribution >= 4 is 11.6 Å². The quantitative estimate of drug-likeness (QED) is 0.538. The number of hydrogen-bond donors (Lipinski definition) is 3. The highest BCUT2D eigenvalue weighted by Gasteiger charge is 2.09. The van der Waals surface area contributed by atoms with E-state index >= 15 is 0 Å². The fraction of sp³-hybridized carbons (Fsp3) is 0.300. The van der Waals surface area contributed by atoms with Crippen molar-refractivity contribution in [3.63, 3.8) is 0 Å². The van der Waals surface area contributed by atoms with Crippen LogP contribution in [-0.4, -0.2) is 18.9 Å². The van der Waals surface area contributed by atoms with Crippen molar-refractivity contribution < 1.29 is 13.6 Å². The number of nitrogens with one attached hydrogen (secondary N) is 2. The summed E-state index contributed by atoms with van der Waals surface area (Å²) in [4.78, 5) is 11.4. The van der Waals surface area contributed by atoms with Crippen LogP contribution in [0.5, 0.6) is 0 Å². The van der Waals surface area contributed by atoms with E-state index in [4.69, 9.17) is 5.84 Å². The normalized spacial score (nSPS) is 10.3. The molecule has 0 atom stereocenters. The van der Waals surface area contributed by atoms with Crippen LogP contribution in [0.4, 0.5) is 14.5 Å². The van der Waals surface area contributed by atoms with E-state index in [2.05, 4.69) is 10.7 Å². The number of hydrogen-bond acceptors (Lipinski definition) is 3. The Morgan fingerprint density at radius 2 is 2.19 bits per heavy atom. The fourth-order valence-electron chi connectivity index (χ4n) is 1.24. The van der Waals surface area contributed by atoms with E-state index in [1.807, 2.05) is 0 Å². The van der Waals surface area contributed by atoms with Gasteiger partial charge in [0.1, 0.15) is 0 Å². The molecule has 1 rings (SSSR count). The van der Waals surface area contributed by atoms with Crippen molar-refractivity contribution in [1.29, 1.82) is 0 Å². The molecular weight excluding hydrogens is 216 g/mol. The van der Waals surface area contributed by atoms with Gasteiger partial charge in [-0.2, -0.15) is 0 Å². The first-order valence-corrected chi connectivity index (χ1v) is 4.68. The van der Waals surface area contributed by atoms with Crippen LogP contribution < -0.4 is 16.6 Å². The Bertz CT molecular complexity index is 382. The molecule has 1 amide bonds. The van der Waals surface area contributed by atoms with E-state index in [-0.39, 0.29) is 0 Å². The van der Waals surface area contributed by atoms with E-state index in [0.29, 0.717) is 11.3 Å². The molecule has 0 aliphatic heterocycles. The Morgan fingerprint density at radius 1 is 1.50 bits per heavy atom.